The van der Waals surface area contributed by atoms with E-state index in [2.05, 4.69) is 47.6 Å². The van der Waals surface area contributed by atoms with Gasteiger partial charge in [0, 0.05) is 30.9 Å². The molecule has 1 aromatic heterocycles. The quantitative estimate of drug-likeness (QED) is 0.848. The minimum atomic E-state index is 0.435. The summed E-state index contributed by atoms with van der Waals surface area (Å²) >= 11 is 0. The lowest BCUT2D eigenvalue weighted by atomic mass is 10.1. The van der Waals surface area contributed by atoms with Gasteiger partial charge in [0.15, 0.2) is 0 Å². The number of pyridine rings is 1. The fourth-order valence-corrected chi connectivity index (χ4v) is 1.79. The third-order valence-corrected chi connectivity index (χ3v) is 2.74. The average Bonchev–Trinajstić information content (AvgIpc) is 2.39. The van der Waals surface area contributed by atoms with Crippen molar-refractivity contribution in [1.82, 2.24) is 10.3 Å². The van der Waals surface area contributed by atoms with Crippen LogP contribution >= 0.6 is 0 Å². The lowest BCUT2D eigenvalue weighted by molar-refractivity contribution is 0.540. The molecule has 0 aliphatic carbocycles. The van der Waals surface area contributed by atoms with E-state index in [1.165, 1.54) is 5.56 Å². The predicted octanol–water partition coefficient (Wildman–Crippen LogP) is 2.80. The molecule has 0 spiro atoms. The molecule has 17 heavy (non-hydrogen) atoms. The fourth-order valence-electron chi connectivity index (χ4n) is 1.79. The smallest absolute Gasteiger partial charge is 0.0419 e. The van der Waals surface area contributed by atoms with Gasteiger partial charge in [0.05, 0.1) is 0 Å². The minimum absolute atomic E-state index is 0.435. The third kappa shape index (κ3) is 4.00. The molecule has 0 amide bonds. The van der Waals surface area contributed by atoms with Crippen molar-refractivity contribution in [3.63, 3.8) is 0 Å². The summed E-state index contributed by atoms with van der Waals surface area (Å²) in [7, 11) is 0. The Hall–Kier alpha value is -1.67. The Labute approximate surface area is 103 Å². The first-order valence-electron chi connectivity index (χ1n) is 6.02. The van der Waals surface area contributed by atoms with Crippen LogP contribution in [0.2, 0.25) is 0 Å². The van der Waals surface area contributed by atoms with Crippen LogP contribution in [0.3, 0.4) is 0 Å². The number of rotatable bonds is 5. The van der Waals surface area contributed by atoms with Crippen molar-refractivity contribution in [2.75, 3.05) is 0 Å². The monoisotopic (exact) mass is 226 g/mol. The second-order valence-electron chi connectivity index (χ2n) is 4.29. The molecular weight excluding hydrogens is 208 g/mol. The summed E-state index contributed by atoms with van der Waals surface area (Å²) in [6, 6.07) is 17.0. The van der Waals surface area contributed by atoms with Gasteiger partial charge in [0.25, 0.3) is 0 Å². The highest BCUT2D eigenvalue weighted by Crippen LogP contribution is 2.02. The van der Waals surface area contributed by atoms with Gasteiger partial charge >= 0.3 is 0 Å². The van der Waals surface area contributed by atoms with Crippen molar-refractivity contribution >= 4 is 0 Å². The predicted molar refractivity (Wildman–Crippen MR) is 70.7 cm³/mol. The van der Waals surface area contributed by atoms with Gasteiger partial charge < -0.3 is 5.32 Å². The summed E-state index contributed by atoms with van der Waals surface area (Å²) in [5.74, 6) is 0. The summed E-state index contributed by atoms with van der Waals surface area (Å²) in [5.41, 5.74) is 2.46. The van der Waals surface area contributed by atoms with E-state index in [9.17, 15) is 0 Å². The first-order valence-corrected chi connectivity index (χ1v) is 6.02. The van der Waals surface area contributed by atoms with Crippen molar-refractivity contribution in [3.8, 4) is 0 Å². The molecule has 2 aromatic rings. The van der Waals surface area contributed by atoms with E-state index in [1.807, 2.05) is 24.4 Å². The maximum absolute atomic E-state index is 4.33. The summed E-state index contributed by atoms with van der Waals surface area (Å²) in [5, 5.41) is 3.51. The normalized spacial score (nSPS) is 12.3. The molecule has 0 aliphatic heterocycles. The van der Waals surface area contributed by atoms with Gasteiger partial charge in [-0.1, -0.05) is 36.4 Å². The largest absolute Gasteiger partial charge is 0.310 e. The number of nitrogens with zero attached hydrogens (tertiary/aromatic N) is 1. The molecule has 0 bridgehead atoms. The summed E-state index contributed by atoms with van der Waals surface area (Å²) in [4.78, 5) is 4.33. The van der Waals surface area contributed by atoms with E-state index < -0.39 is 0 Å². The Balaban J connectivity index is 1.80. The van der Waals surface area contributed by atoms with Crippen LogP contribution in [0.5, 0.6) is 0 Å². The van der Waals surface area contributed by atoms with E-state index in [-0.39, 0.29) is 0 Å². The Kier molecular flexibility index (Phi) is 4.28. The zero-order chi connectivity index (χ0) is 11.9. The number of hydrogen-bond donors (Lipinski definition) is 1. The maximum Gasteiger partial charge on any atom is 0.0419 e. The van der Waals surface area contributed by atoms with Crippen LogP contribution in [0.1, 0.15) is 18.2 Å². The Morgan fingerprint density at radius 3 is 2.53 bits per heavy atom. The number of hydrogen-bond acceptors (Lipinski definition) is 2. The lowest BCUT2D eigenvalue weighted by Gasteiger charge is -2.13. The summed E-state index contributed by atoms with van der Waals surface area (Å²) in [6.07, 6.45) is 2.81. The van der Waals surface area contributed by atoms with Gasteiger partial charge in [0.2, 0.25) is 0 Å². The molecule has 1 aromatic carbocycles. The maximum atomic E-state index is 4.33. The first-order chi connectivity index (χ1) is 8.34. The van der Waals surface area contributed by atoms with E-state index in [0.29, 0.717) is 6.04 Å². The van der Waals surface area contributed by atoms with E-state index in [4.69, 9.17) is 0 Å². The zero-order valence-electron chi connectivity index (χ0n) is 10.1. The van der Waals surface area contributed by atoms with Gasteiger partial charge in [-0.15, -0.1) is 0 Å². The van der Waals surface area contributed by atoms with E-state index in [0.717, 1.165) is 18.7 Å². The second kappa shape index (κ2) is 6.16. The molecule has 1 N–H and O–H groups in total. The van der Waals surface area contributed by atoms with Crippen molar-refractivity contribution in [3.05, 3.63) is 66.0 Å². The van der Waals surface area contributed by atoms with Crippen molar-refractivity contribution in [1.29, 1.82) is 0 Å². The van der Waals surface area contributed by atoms with E-state index in [1.54, 1.807) is 0 Å². The molecule has 0 radical (unpaired) electrons. The van der Waals surface area contributed by atoms with Crippen LogP contribution in [0, 0.1) is 0 Å². The molecule has 1 heterocycles. The lowest BCUT2D eigenvalue weighted by Crippen LogP contribution is -2.27. The highest BCUT2D eigenvalue weighted by Gasteiger charge is 2.03. The van der Waals surface area contributed by atoms with Crippen LogP contribution in [0.4, 0.5) is 0 Å². The molecule has 2 rings (SSSR count). The Morgan fingerprint density at radius 1 is 1.06 bits per heavy atom. The Morgan fingerprint density at radius 2 is 1.82 bits per heavy atom. The van der Waals surface area contributed by atoms with Crippen LogP contribution in [-0.4, -0.2) is 11.0 Å². The number of benzene rings is 1. The number of aromatic nitrogens is 1. The van der Waals surface area contributed by atoms with Gasteiger partial charge in [-0.05, 0) is 24.6 Å². The SMILES string of the molecule is CC(Cc1ccccn1)NCc1ccccc1. The molecule has 0 saturated heterocycles. The van der Waals surface area contributed by atoms with Crippen molar-refractivity contribution in [2.45, 2.75) is 25.9 Å². The zero-order valence-corrected chi connectivity index (χ0v) is 10.1. The minimum Gasteiger partial charge on any atom is -0.310 e. The van der Waals surface area contributed by atoms with Crippen LogP contribution < -0.4 is 5.32 Å². The third-order valence-electron chi connectivity index (χ3n) is 2.74. The highest BCUT2D eigenvalue weighted by atomic mass is 14.9. The fraction of sp³-hybridized carbons (Fsp3) is 0.267. The molecule has 88 valence electrons. The van der Waals surface area contributed by atoms with Gasteiger partial charge in [-0.25, -0.2) is 0 Å². The molecule has 0 aliphatic rings. The van der Waals surface area contributed by atoms with Crippen LogP contribution in [-0.2, 0) is 13.0 Å². The molecule has 0 fully saturated rings. The number of nitrogens with one attached hydrogen (secondary N) is 1. The summed E-state index contributed by atoms with van der Waals surface area (Å²) in [6.45, 7) is 3.10. The molecular formula is C15H18N2. The summed E-state index contributed by atoms with van der Waals surface area (Å²) < 4.78 is 0. The van der Waals surface area contributed by atoms with Crippen molar-refractivity contribution < 1.29 is 0 Å². The van der Waals surface area contributed by atoms with Gasteiger partial charge in [-0.3, -0.25) is 4.98 Å². The average molecular weight is 226 g/mol. The standard InChI is InChI=1S/C15H18N2/c1-13(11-15-9-5-6-10-16-15)17-12-14-7-3-2-4-8-14/h2-10,13,17H,11-12H2,1H3. The van der Waals surface area contributed by atoms with Gasteiger partial charge in [0.1, 0.15) is 0 Å². The van der Waals surface area contributed by atoms with Gasteiger partial charge in [-0.2, -0.15) is 0 Å². The van der Waals surface area contributed by atoms with Crippen molar-refractivity contribution in [2.24, 2.45) is 0 Å². The first kappa shape index (κ1) is 11.8. The molecule has 2 nitrogen and oxygen atoms in total. The highest BCUT2D eigenvalue weighted by molar-refractivity contribution is 5.14. The Bertz CT molecular complexity index is 425. The second-order valence-corrected chi connectivity index (χ2v) is 4.29. The molecule has 1 unspecified atom stereocenters. The molecule has 2 heteroatoms. The molecule has 1 atom stereocenters. The van der Waals surface area contributed by atoms with Crippen LogP contribution in [0.15, 0.2) is 54.7 Å². The van der Waals surface area contributed by atoms with E-state index >= 15 is 0 Å². The van der Waals surface area contributed by atoms with Crippen LogP contribution in [0.25, 0.3) is 0 Å². The topological polar surface area (TPSA) is 24.9 Å². The molecule has 0 saturated carbocycles.